The zero-order valence-electron chi connectivity index (χ0n) is 12.3. The summed E-state index contributed by atoms with van der Waals surface area (Å²) in [5.74, 6) is 1.19. The SMILES string of the molecule is CC(C)c1ccc(C(=O)N[C@H]2CCCC[C@@H]2C)cc1. The third-order valence-corrected chi connectivity index (χ3v) is 4.27. The lowest BCUT2D eigenvalue weighted by molar-refractivity contribution is 0.0910. The van der Waals surface area contributed by atoms with Gasteiger partial charge in [-0.2, -0.15) is 0 Å². The van der Waals surface area contributed by atoms with Gasteiger partial charge in [0, 0.05) is 11.6 Å². The smallest absolute Gasteiger partial charge is 0.251 e. The minimum absolute atomic E-state index is 0.0778. The van der Waals surface area contributed by atoms with Crippen LogP contribution in [0.1, 0.15) is 68.3 Å². The van der Waals surface area contributed by atoms with E-state index in [0.717, 1.165) is 12.0 Å². The summed E-state index contributed by atoms with van der Waals surface area (Å²) in [4.78, 5) is 12.2. The average molecular weight is 259 g/mol. The number of carbonyl (C=O) groups is 1. The average Bonchev–Trinajstić information content (AvgIpc) is 2.41. The summed E-state index contributed by atoms with van der Waals surface area (Å²) in [7, 11) is 0. The van der Waals surface area contributed by atoms with Crippen molar-refractivity contribution in [1.29, 1.82) is 0 Å². The van der Waals surface area contributed by atoms with E-state index in [4.69, 9.17) is 0 Å². The van der Waals surface area contributed by atoms with Gasteiger partial charge in [-0.1, -0.05) is 45.7 Å². The van der Waals surface area contributed by atoms with Crippen molar-refractivity contribution in [2.75, 3.05) is 0 Å². The molecule has 0 saturated heterocycles. The van der Waals surface area contributed by atoms with Gasteiger partial charge in [-0.05, 0) is 42.4 Å². The van der Waals surface area contributed by atoms with Gasteiger partial charge in [0.25, 0.3) is 5.91 Å². The molecule has 0 spiro atoms. The predicted octanol–water partition coefficient (Wildman–Crippen LogP) is 4.12. The summed E-state index contributed by atoms with van der Waals surface area (Å²) in [6, 6.07) is 8.36. The molecular weight excluding hydrogens is 234 g/mol. The van der Waals surface area contributed by atoms with Crippen molar-refractivity contribution in [3.05, 3.63) is 35.4 Å². The molecule has 1 N–H and O–H groups in total. The Morgan fingerprint density at radius 1 is 1.16 bits per heavy atom. The van der Waals surface area contributed by atoms with Gasteiger partial charge in [-0.3, -0.25) is 4.79 Å². The number of amides is 1. The zero-order chi connectivity index (χ0) is 13.8. The van der Waals surface area contributed by atoms with Gasteiger partial charge in [0.15, 0.2) is 0 Å². The first kappa shape index (κ1) is 14.1. The van der Waals surface area contributed by atoms with E-state index < -0.39 is 0 Å². The topological polar surface area (TPSA) is 29.1 Å². The van der Waals surface area contributed by atoms with E-state index in [1.807, 2.05) is 12.1 Å². The Kier molecular flexibility index (Phi) is 4.62. The second kappa shape index (κ2) is 6.23. The van der Waals surface area contributed by atoms with Gasteiger partial charge < -0.3 is 5.32 Å². The van der Waals surface area contributed by atoms with Crippen molar-refractivity contribution in [2.45, 2.75) is 58.4 Å². The van der Waals surface area contributed by atoms with Crippen LogP contribution in [0.25, 0.3) is 0 Å². The van der Waals surface area contributed by atoms with Gasteiger partial charge in [0.2, 0.25) is 0 Å². The minimum atomic E-state index is 0.0778. The van der Waals surface area contributed by atoms with Crippen molar-refractivity contribution in [3.8, 4) is 0 Å². The number of benzene rings is 1. The van der Waals surface area contributed by atoms with E-state index >= 15 is 0 Å². The first-order valence-corrected chi connectivity index (χ1v) is 7.48. The van der Waals surface area contributed by atoms with Gasteiger partial charge in [0.1, 0.15) is 0 Å². The summed E-state index contributed by atoms with van der Waals surface area (Å²) in [6.45, 7) is 6.57. The van der Waals surface area contributed by atoms with Crippen LogP contribution in [0.3, 0.4) is 0 Å². The molecule has 0 bridgehead atoms. The highest BCUT2D eigenvalue weighted by Gasteiger charge is 2.23. The molecule has 0 unspecified atom stereocenters. The van der Waals surface area contributed by atoms with Crippen molar-refractivity contribution in [2.24, 2.45) is 5.92 Å². The quantitative estimate of drug-likeness (QED) is 0.869. The maximum Gasteiger partial charge on any atom is 0.251 e. The zero-order valence-corrected chi connectivity index (χ0v) is 12.3. The third kappa shape index (κ3) is 3.59. The van der Waals surface area contributed by atoms with Crippen LogP contribution in [0.15, 0.2) is 24.3 Å². The number of hydrogen-bond donors (Lipinski definition) is 1. The summed E-state index contributed by atoms with van der Waals surface area (Å²) in [5, 5.41) is 3.19. The van der Waals surface area contributed by atoms with Crippen molar-refractivity contribution in [3.63, 3.8) is 0 Å². The van der Waals surface area contributed by atoms with Crippen LogP contribution in [0, 0.1) is 5.92 Å². The highest BCUT2D eigenvalue weighted by molar-refractivity contribution is 5.94. The van der Waals surface area contributed by atoms with Crippen LogP contribution >= 0.6 is 0 Å². The predicted molar refractivity (Wildman–Crippen MR) is 79.4 cm³/mol. The fourth-order valence-corrected chi connectivity index (χ4v) is 2.80. The second-order valence-corrected chi connectivity index (χ2v) is 6.12. The monoisotopic (exact) mass is 259 g/mol. The van der Waals surface area contributed by atoms with Crippen molar-refractivity contribution < 1.29 is 4.79 Å². The maximum atomic E-state index is 12.2. The Morgan fingerprint density at radius 3 is 2.37 bits per heavy atom. The van der Waals surface area contributed by atoms with Crippen molar-refractivity contribution in [1.82, 2.24) is 5.32 Å². The molecule has 1 aliphatic rings. The molecule has 0 heterocycles. The lowest BCUT2D eigenvalue weighted by atomic mass is 9.86. The van der Waals surface area contributed by atoms with Crippen LogP contribution in [0.5, 0.6) is 0 Å². The summed E-state index contributed by atoms with van der Waals surface area (Å²) in [6.07, 6.45) is 4.90. The standard InChI is InChI=1S/C17H25NO/c1-12(2)14-8-10-15(11-9-14)17(19)18-16-7-5-4-6-13(16)3/h8-13,16H,4-7H2,1-3H3,(H,18,19)/t13-,16-/m0/s1. The van der Waals surface area contributed by atoms with E-state index in [1.165, 1.54) is 24.8 Å². The second-order valence-electron chi connectivity index (χ2n) is 6.12. The molecule has 1 fully saturated rings. The van der Waals surface area contributed by atoms with Crippen LogP contribution in [0.4, 0.5) is 0 Å². The number of nitrogens with one attached hydrogen (secondary N) is 1. The fourth-order valence-electron chi connectivity index (χ4n) is 2.80. The van der Waals surface area contributed by atoms with Gasteiger partial charge in [-0.25, -0.2) is 0 Å². The van der Waals surface area contributed by atoms with E-state index in [0.29, 0.717) is 17.9 Å². The molecule has 2 heteroatoms. The Balaban J connectivity index is 1.99. The van der Waals surface area contributed by atoms with Crippen LogP contribution in [-0.4, -0.2) is 11.9 Å². The van der Waals surface area contributed by atoms with E-state index in [9.17, 15) is 4.79 Å². The molecule has 0 radical (unpaired) electrons. The summed E-state index contributed by atoms with van der Waals surface area (Å²) < 4.78 is 0. The van der Waals surface area contributed by atoms with E-state index in [-0.39, 0.29) is 5.91 Å². The highest BCUT2D eigenvalue weighted by Crippen LogP contribution is 2.24. The molecule has 2 nitrogen and oxygen atoms in total. The number of carbonyl (C=O) groups excluding carboxylic acids is 1. The first-order chi connectivity index (χ1) is 9.08. The molecule has 0 aliphatic heterocycles. The molecule has 104 valence electrons. The Labute approximate surface area is 116 Å². The molecule has 19 heavy (non-hydrogen) atoms. The third-order valence-electron chi connectivity index (χ3n) is 4.27. The number of hydrogen-bond acceptors (Lipinski definition) is 1. The lowest BCUT2D eigenvalue weighted by Crippen LogP contribution is -2.41. The molecule has 2 atom stereocenters. The minimum Gasteiger partial charge on any atom is -0.349 e. The highest BCUT2D eigenvalue weighted by atomic mass is 16.1. The molecule has 2 rings (SSSR count). The lowest BCUT2D eigenvalue weighted by Gasteiger charge is -2.29. The largest absolute Gasteiger partial charge is 0.349 e. The van der Waals surface area contributed by atoms with Gasteiger partial charge in [-0.15, -0.1) is 0 Å². The van der Waals surface area contributed by atoms with Crippen LogP contribution < -0.4 is 5.32 Å². The molecule has 1 amide bonds. The molecule has 1 aliphatic carbocycles. The molecule has 1 saturated carbocycles. The molecule has 0 aromatic heterocycles. The van der Waals surface area contributed by atoms with E-state index in [2.05, 4.69) is 38.2 Å². The molecule has 1 aromatic carbocycles. The van der Waals surface area contributed by atoms with Crippen LogP contribution in [-0.2, 0) is 0 Å². The normalized spacial score (nSPS) is 23.4. The Morgan fingerprint density at radius 2 is 1.79 bits per heavy atom. The van der Waals surface area contributed by atoms with Crippen molar-refractivity contribution >= 4 is 5.91 Å². The number of rotatable bonds is 3. The molecular formula is C17H25NO. The molecule has 1 aromatic rings. The summed E-state index contributed by atoms with van der Waals surface area (Å²) in [5.41, 5.74) is 2.06. The first-order valence-electron chi connectivity index (χ1n) is 7.48. The maximum absolute atomic E-state index is 12.2. The van der Waals surface area contributed by atoms with E-state index in [1.54, 1.807) is 0 Å². The van der Waals surface area contributed by atoms with Gasteiger partial charge >= 0.3 is 0 Å². The fraction of sp³-hybridized carbons (Fsp3) is 0.588. The van der Waals surface area contributed by atoms with Crippen LogP contribution in [0.2, 0.25) is 0 Å². The summed E-state index contributed by atoms with van der Waals surface area (Å²) >= 11 is 0. The Bertz CT molecular complexity index is 421. The van der Waals surface area contributed by atoms with Gasteiger partial charge in [0.05, 0.1) is 0 Å². The Hall–Kier alpha value is -1.31.